The molecule has 15 heavy (non-hydrogen) atoms. The Morgan fingerprint density at radius 3 is 2.60 bits per heavy atom. The lowest BCUT2D eigenvalue weighted by Crippen LogP contribution is -2.12. The van der Waals surface area contributed by atoms with E-state index in [4.69, 9.17) is 0 Å². The molecule has 4 nitrogen and oxygen atoms in total. The Bertz CT molecular complexity index is 349. The fraction of sp³-hybridized carbons (Fsp3) is 0.500. The molecule has 0 amide bonds. The average Bonchev–Trinajstić information content (AvgIpc) is 2.18. The molecule has 82 valence electrons. The van der Waals surface area contributed by atoms with Crippen LogP contribution in [0.25, 0.3) is 0 Å². The maximum absolute atomic E-state index is 10.4. The Kier molecular flexibility index (Phi) is 3.68. The second-order valence-electron chi connectivity index (χ2n) is 3.83. The summed E-state index contributed by atoms with van der Waals surface area (Å²) in [4.78, 5) is 14.0. The highest BCUT2D eigenvalue weighted by molar-refractivity contribution is 8.00. The van der Waals surface area contributed by atoms with E-state index < -0.39 is 4.92 Å². The third kappa shape index (κ3) is 3.51. The number of hydrogen-bond donors (Lipinski definition) is 0. The summed E-state index contributed by atoms with van der Waals surface area (Å²) in [6.45, 7) is 6.36. The smallest absolute Gasteiger partial charge is 0.258 e. The summed E-state index contributed by atoms with van der Waals surface area (Å²) in [5.41, 5.74) is 0.0358. The molecule has 0 aliphatic carbocycles. The summed E-state index contributed by atoms with van der Waals surface area (Å²) < 4.78 is 0.114. The van der Waals surface area contributed by atoms with Gasteiger partial charge in [0.2, 0.25) is 0 Å². The number of nitro groups is 1. The lowest BCUT2D eigenvalue weighted by Gasteiger charge is -2.20. The molecule has 0 atom stereocenters. The van der Waals surface area contributed by atoms with Crippen LogP contribution in [0.15, 0.2) is 23.4 Å². The van der Waals surface area contributed by atoms with E-state index in [0.29, 0.717) is 0 Å². The first kappa shape index (κ1) is 12.0. The van der Waals surface area contributed by atoms with Crippen molar-refractivity contribution in [2.24, 2.45) is 0 Å². The summed E-state index contributed by atoms with van der Waals surface area (Å²) in [5.74, 6) is 0. The van der Waals surface area contributed by atoms with Crippen LogP contribution in [0.5, 0.6) is 0 Å². The largest absolute Gasteiger partial charge is 0.287 e. The number of nitrogens with zero attached hydrogens (tertiary/aromatic N) is 2. The Balaban J connectivity index is 2.77. The van der Waals surface area contributed by atoms with Crippen LogP contribution in [-0.2, 0) is 0 Å². The first-order valence-corrected chi connectivity index (χ1v) is 5.56. The van der Waals surface area contributed by atoms with Gasteiger partial charge in [0.25, 0.3) is 5.69 Å². The fourth-order valence-electron chi connectivity index (χ4n) is 0.896. The van der Waals surface area contributed by atoms with Gasteiger partial charge < -0.3 is 0 Å². The van der Waals surface area contributed by atoms with E-state index in [1.54, 1.807) is 17.8 Å². The molecule has 0 aliphatic rings. The predicted octanol–water partition coefficient (Wildman–Crippen LogP) is 3.27. The highest BCUT2D eigenvalue weighted by atomic mass is 32.2. The molecule has 0 fully saturated rings. The zero-order valence-electron chi connectivity index (χ0n) is 9.06. The van der Waals surface area contributed by atoms with Crippen LogP contribution in [0.1, 0.15) is 27.2 Å². The van der Waals surface area contributed by atoms with Gasteiger partial charge in [0.05, 0.1) is 9.95 Å². The van der Waals surface area contributed by atoms with Crippen LogP contribution in [0, 0.1) is 10.1 Å². The lowest BCUT2D eigenvalue weighted by molar-refractivity contribution is -0.385. The van der Waals surface area contributed by atoms with Crippen molar-refractivity contribution in [1.29, 1.82) is 0 Å². The number of thioether (sulfide) groups is 1. The van der Waals surface area contributed by atoms with Gasteiger partial charge in [-0.25, -0.2) is 4.98 Å². The normalized spacial score (nSPS) is 11.4. The molecule has 0 N–H and O–H groups in total. The number of aromatic nitrogens is 1. The van der Waals surface area contributed by atoms with E-state index in [1.165, 1.54) is 12.3 Å². The molecular weight excluding hydrogens is 212 g/mol. The Hall–Kier alpha value is -1.10. The number of pyridine rings is 1. The molecule has 0 saturated heterocycles. The fourth-order valence-corrected chi connectivity index (χ4v) is 1.85. The van der Waals surface area contributed by atoms with Crippen LogP contribution in [0.2, 0.25) is 0 Å². The van der Waals surface area contributed by atoms with Gasteiger partial charge in [0, 0.05) is 10.8 Å². The quantitative estimate of drug-likeness (QED) is 0.449. The predicted molar refractivity (Wildman–Crippen MR) is 61.1 cm³/mol. The van der Waals surface area contributed by atoms with E-state index >= 15 is 0 Å². The van der Waals surface area contributed by atoms with Crippen molar-refractivity contribution in [3.05, 3.63) is 28.4 Å². The second kappa shape index (κ2) is 4.61. The minimum absolute atomic E-state index is 0.0358. The summed E-state index contributed by atoms with van der Waals surface area (Å²) in [7, 11) is 0. The third-order valence-corrected chi connectivity index (χ3v) is 3.46. The monoisotopic (exact) mass is 226 g/mol. The van der Waals surface area contributed by atoms with Gasteiger partial charge in [0.1, 0.15) is 6.20 Å². The van der Waals surface area contributed by atoms with Gasteiger partial charge in [-0.1, -0.05) is 20.8 Å². The molecule has 0 aliphatic heterocycles. The number of hydrogen-bond acceptors (Lipinski definition) is 4. The molecule has 0 unspecified atom stereocenters. The molecule has 1 heterocycles. The molecule has 1 rings (SSSR count). The zero-order valence-corrected chi connectivity index (χ0v) is 9.87. The molecule has 1 aromatic rings. The molecule has 0 aromatic carbocycles. The Labute approximate surface area is 93.3 Å². The van der Waals surface area contributed by atoms with Crippen molar-refractivity contribution in [2.45, 2.75) is 37.0 Å². The summed E-state index contributed by atoms with van der Waals surface area (Å²) in [5, 5.41) is 11.2. The molecular formula is C10H14N2O2S. The van der Waals surface area contributed by atoms with Gasteiger partial charge in [-0.15, -0.1) is 11.8 Å². The Morgan fingerprint density at radius 2 is 2.20 bits per heavy atom. The summed E-state index contributed by atoms with van der Waals surface area (Å²) in [6.07, 6.45) is 2.32. The topological polar surface area (TPSA) is 56.0 Å². The molecule has 0 bridgehead atoms. The van der Waals surface area contributed by atoms with Crippen LogP contribution < -0.4 is 0 Å². The van der Waals surface area contributed by atoms with Crippen molar-refractivity contribution in [3.8, 4) is 0 Å². The molecule has 0 saturated carbocycles. The van der Waals surface area contributed by atoms with E-state index in [1.807, 2.05) is 0 Å². The van der Waals surface area contributed by atoms with Gasteiger partial charge in [-0.2, -0.15) is 0 Å². The molecule has 1 aromatic heterocycles. The van der Waals surface area contributed by atoms with Gasteiger partial charge in [-0.05, 0) is 12.5 Å². The highest BCUT2D eigenvalue weighted by Gasteiger charge is 2.17. The van der Waals surface area contributed by atoms with E-state index in [2.05, 4.69) is 25.8 Å². The van der Waals surface area contributed by atoms with Gasteiger partial charge in [-0.3, -0.25) is 10.1 Å². The van der Waals surface area contributed by atoms with Crippen molar-refractivity contribution >= 4 is 17.4 Å². The summed E-state index contributed by atoms with van der Waals surface area (Å²) >= 11 is 1.63. The van der Waals surface area contributed by atoms with Gasteiger partial charge >= 0.3 is 0 Å². The molecule has 5 heteroatoms. The zero-order chi connectivity index (χ0) is 11.5. The van der Waals surface area contributed by atoms with Gasteiger partial charge in [0.15, 0.2) is 0 Å². The van der Waals surface area contributed by atoms with E-state index in [0.717, 1.165) is 11.4 Å². The molecule has 0 radical (unpaired) electrons. The van der Waals surface area contributed by atoms with Crippen LogP contribution in [0.3, 0.4) is 0 Å². The third-order valence-electron chi connectivity index (χ3n) is 2.16. The standard InChI is InChI=1S/C10H14N2O2S/c1-4-10(2,3)15-9-6-5-8(7-11-9)12(13)14/h5-7H,4H2,1-3H3. The highest BCUT2D eigenvalue weighted by Crippen LogP contribution is 2.33. The molecule has 0 spiro atoms. The van der Waals surface area contributed by atoms with Crippen molar-refractivity contribution < 1.29 is 4.92 Å². The van der Waals surface area contributed by atoms with Crippen LogP contribution in [0.4, 0.5) is 5.69 Å². The SMILES string of the molecule is CCC(C)(C)Sc1ccc([N+](=O)[O-])cn1. The summed E-state index contributed by atoms with van der Waals surface area (Å²) in [6, 6.07) is 3.18. The maximum atomic E-state index is 10.4. The van der Waals surface area contributed by atoms with E-state index in [9.17, 15) is 10.1 Å². The maximum Gasteiger partial charge on any atom is 0.287 e. The Morgan fingerprint density at radius 1 is 1.53 bits per heavy atom. The minimum atomic E-state index is -0.438. The van der Waals surface area contributed by atoms with Crippen molar-refractivity contribution in [1.82, 2.24) is 4.98 Å². The van der Waals surface area contributed by atoms with Crippen LogP contribution >= 0.6 is 11.8 Å². The average molecular weight is 226 g/mol. The first-order chi connectivity index (χ1) is 6.94. The van der Waals surface area contributed by atoms with E-state index in [-0.39, 0.29) is 10.4 Å². The van der Waals surface area contributed by atoms with Crippen LogP contribution in [-0.4, -0.2) is 14.7 Å². The number of rotatable bonds is 4. The lowest BCUT2D eigenvalue weighted by atomic mass is 10.1. The second-order valence-corrected chi connectivity index (χ2v) is 5.55. The van der Waals surface area contributed by atoms with Crippen molar-refractivity contribution in [3.63, 3.8) is 0 Å². The first-order valence-electron chi connectivity index (χ1n) is 4.74. The minimum Gasteiger partial charge on any atom is -0.258 e. The van der Waals surface area contributed by atoms with Crippen molar-refractivity contribution in [2.75, 3.05) is 0 Å².